The van der Waals surface area contributed by atoms with Gasteiger partial charge in [-0.2, -0.15) is 4.31 Å². The van der Waals surface area contributed by atoms with Crippen molar-refractivity contribution in [1.29, 1.82) is 0 Å². The lowest BCUT2D eigenvalue weighted by Crippen LogP contribution is -2.38. The van der Waals surface area contributed by atoms with E-state index in [2.05, 4.69) is 0 Å². The van der Waals surface area contributed by atoms with Crippen LogP contribution in [0.2, 0.25) is 5.02 Å². The molecule has 9 heteroatoms. The molecule has 148 valence electrons. The Hall–Kier alpha value is -1.58. The molecule has 0 aromatic heterocycles. The highest BCUT2D eigenvalue weighted by molar-refractivity contribution is 7.89. The molecule has 2 aromatic rings. The zero-order valence-electron chi connectivity index (χ0n) is 15.1. The molecule has 0 bridgehead atoms. The first-order chi connectivity index (χ1) is 12.7. The van der Waals surface area contributed by atoms with E-state index < -0.39 is 27.9 Å². The molecule has 0 heterocycles. The summed E-state index contributed by atoms with van der Waals surface area (Å²) in [5.74, 6) is -2.22. The quantitative estimate of drug-likeness (QED) is 0.483. The van der Waals surface area contributed by atoms with E-state index in [-0.39, 0.29) is 28.6 Å². The molecule has 0 aliphatic rings. The normalized spacial score (nSPS) is 12.1. The lowest BCUT2D eigenvalue weighted by Gasteiger charge is -2.26. The van der Waals surface area contributed by atoms with E-state index in [1.807, 2.05) is 6.92 Å². The van der Waals surface area contributed by atoms with Crippen molar-refractivity contribution in [2.24, 2.45) is 0 Å². The van der Waals surface area contributed by atoms with Gasteiger partial charge in [-0.25, -0.2) is 17.2 Å². The smallest absolute Gasteiger partial charge is 0.243 e. The minimum Gasteiger partial charge on any atom is -0.354 e. The van der Waals surface area contributed by atoms with E-state index in [1.165, 1.54) is 26.4 Å². The van der Waals surface area contributed by atoms with Crippen LogP contribution in [0.15, 0.2) is 41.3 Å². The first kappa shape index (κ1) is 21.7. The van der Waals surface area contributed by atoms with E-state index >= 15 is 0 Å². The molecule has 0 aliphatic heterocycles. The fourth-order valence-electron chi connectivity index (χ4n) is 2.39. The Kier molecular flexibility index (Phi) is 7.30. The topological polar surface area (TPSA) is 55.8 Å². The van der Waals surface area contributed by atoms with E-state index in [1.54, 1.807) is 12.1 Å². The fraction of sp³-hybridized carbons (Fsp3) is 0.333. The molecule has 5 nitrogen and oxygen atoms in total. The van der Waals surface area contributed by atoms with Gasteiger partial charge in [0.05, 0.1) is 11.4 Å². The third-order valence-corrected chi connectivity index (χ3v) is 6.15. The maximum atomic E-state index is 13.6. The second-order valence-electron chi connectivity index (χ2n) is 5.87. The Balaban J connectivity index is 2.45. The highest BCUT2D eigenvalue weighted by Crippen LogP contribution is 2.25. The van der Waals surface area contributed by atoms with Crippen molar-refractivity contribution < 1.29 is 26.7 Å². The minimum absolute atomic E-state index is 0.0535. The zero-order chi connectivity index (χ0) is 20.2. The number of ether oxygens (including phenoxy) is 2. The second-order valence-corrected chi connectivity index (χ2v) is 8.21. The van der Waals surface area contributed by atoms with Crippen LogP contribution in [0, 0.1) is 18.6 Å². The molecule has 0 saturated carbocycles. The molecule has 0 aliphatic carbocycles. The van der Waals surface area contributed by atoms with Gasteiger partial charge in [0.1, 0.15) is 0 Å². The van der Waals surface area contributed by atoms with E-state index in [4.69, 9.17) is 21.1 Å². The van der Waals surface area contributed by atoms with Gasteiger partial charge in [-0.3, -0.25) is 0 Å². The van der Waals surface area contributed by atoms with Gasteiger partial charge < -0.3 is 9.47 Å². The first-order valence-corrected chi connectivity index (χ1v) is 9.76. The number of sulfonamides is 1. The van der Waals surface area contributed by atoms with Crippen molar-refractivity contribution in [2.45, 2.75) is 24.7 Å². The maximum absolute atomic E-state index is 13.6. The summed E-state index contributed by atoms with van der Waals surface area (Å²) in [6, 6.07) is 7.97. The number of rotatable bonds is 8. The van der Waals surface area contributed by atoms with Crippen LogP contribution in [0.25, 0.3) is 0 Å². The molecule has 0 unspecified atom stereocenters. The average molecular weight is 420 g/mol. The van der Waals surface area contributed by atoms with Crippen molar-refractivity contribution in [3.63, 3.8) is 0 Å². The Morgan fingerprint density at radius 3 is 2.19 bits per heavy atom. The molecule has 0 spiro atoms. The number of hydrogen-bond donors (Lipinski definition) is 0. The third-order valence-electron chi connectivity index (χ3n) is 3.97. The second kappa shape index (κ2) is 9.07. The molecule has 2 aromatic carbocycles. The number of aryl methyl sites for hydroxylation is 1. The van der Waals surface area contributed by atoms with Gasteiger partial charge in [-0.1, -0.05) is 29.3 Å². The molecule has 2 rings (SSSR count). The van der Waals surface area contributed by atoms with Crippen molar-refractivity contribution in [2.75, 3.05) is 20.8 Å². The van der Waals surface area contributed by atoms with Crippen molar-refractivity contribution >= 4 is 21.6 Å². The molecule has 27 heavy (non-hydrogen) atoms. The van der Waals surface area contributed by atoms with Crippen LogP contribution in [0.1, 0.15) is 11.1 Å². The maximum Gasteiger partial charge on any atom is 0.243 e. The molecule has 0 atom stereocenters. The Morgan fingerprint density at radius 2 is 1.63 bits per heavy atom. The van der Waals surface area contributed by atoms with Crippen LogP contribution in [0.4, 0.5) is 8.78 Å². The number of nitrogens with zero attached hydrogens (tertiary/aromatic N) is 1. The summed E-state index contributed by atoms with van der Waals surface area (Å²) < 4.78 is 64.3. The summed E-state index contributed by atoms with van der Waals surface area (Å²) in [4.78, 5) is 0.0535. The number of methoxy groups -OCH3 is 2. The monoisotopic (exact) mass is 419 g/mol. The van der Waals surface area contributed by atoms with Crippen molar-refractivity contribution in [1.82, 2.24) is 4.31 Å². The van der Waals surface area contributed by atoms with Gasteiger partial charge >= 0.3 is 0 Å². The van der Waals surface area contributed by atoms with Crippen LogP contribution < -0.4 is 0 Å². The summed E-state index contributed by atoms with van der Waals surface area (Å²) in [6.07, 6.45) is -0.853. The predicted octanol–water partition coefficient (Wildman–Crippen LogP) is 3.74. The van der Waals surface area contributed by atoms with Gasteiger partial charge in [0.15, 0.2) is 17.9 Å². The fourth-order valence-corrected chi connectivity index (χ4v) is 4.01. The van der Waals surface area contributed by atoms with Crippen LogP contribution in [-0.4, -0.2) is 39.8 Å². The van der Waals surface area contributed by atoms with E-state index in [9.17, 15) is 17.2 Å². The third kappa shape index (κ3) is 5.24. The lowest BCUT2D eigenvalue weighted by atomic mass is 10.2. The predicted molar refractivity (Wildman–Crippen MR) is 97.9 cm³/mol. The lowest BCUT2D eigenvalue weighted by molar-refractivity contribution is -0.108. The highest BCUT2D eigenvalue weighted by Gasteiger charge is 2.28. The van der Waals surface area contributed by atoms with Gasteiger partial charge in [0.2, 0.25) is 10.0 Å². The molecule has 0 fully saturated rings. The van der Waals surface area contributed by atoms with Crippen LogP contribution in [-0.2, 0) is 26.0 Å². The summed E-state index contributed by atoms with van der Waals surface area (Å²) in [5.41, 5.74) is 1.02. The molecule has 0 radical (unpaired) electrons. The summed E-state index contributed by atoms with van der Waals surface area (Å²) in [6.45, 7) is 1.38. The SMILES string of the molecule is COC(CN(Cc1cc(F)c(F)cc1Cl)S(=O)(=O)c1ccc(C)cc1)OC. The minimum atomic E-state index is -3.97. The van der Waals surface area contributed by atoms with Gasteiger partial charge in [0, 0.05) is 25.8 Å². The zero-order valence-corrected chi connectivity index (χ0v) is 16.7. The summed E-state index contributed by atoms with van der Waals surface area (Å²) >= 11 is 5.98. The van der Waals surface area contributed by atoms with Crippen molar-refractivity contribution in [3.8, 4) is 0 Å². The number of hydrogen-bond acceptors (Lipinski definition) is 4. The largest absolute Gasteiger partial charge is 0.354 e. The number of halogens is 3. The standard InChI is InChI=1S/C18H20ClF2NO4S/c1-12-4-6-14(7-5-12)27(23,24)22(11-18(25-2)26-3)10-13-8-16(20)17(21)9-15(13)19/h4-9,18H,10-11H2,1-3H3. The van der Waals surface area contributed by atoms with Gasteiger partial charge in [-0.05, 0) is 36.8 Å². The van der Waals surface area contributed by atoms with E-state index in [0.29, 0.717) is 0 Å². The van der Waals surface area contributed by atoms with Gasteiger partial charge in [-0.15, -0.1) is 0 Å². The average Bonchev–Trinajstić information content (AvgIpc) is 2.63. The Morgan fingerprint density at radius 1 is 1.07 bits per heavy atom. The molecular formula is C18H20ClF2NO4S. The van der Waals surface area contributed by atoms with Crippen molar-refractivity contribution in [3.05, 3.63) is 64.2 Å². The molecule has 0 saturated heterocycles. The van der Waals surface area contributed by atoms with Crippen LogP contribution in [0.5, 0.6) is 0 Å². The molecule has 0 N–H and O–H groups in total. The summed E-state index contributed by atoms with van der Waals surface area (Å²) in [7, 11) is -1.23. The first-order valence-electron chi connectivity index (χ1n) is 7.95. The highest BCUT2D eigenvalue weighted by atomic mass is 35.5. The number of benzene rings is 2. The Bertz CT molecular complexity index is 887. The van der Waals surface area contributed by atoms with Crippen LogP contribution in [0.3, 0.4) is 0 Å². The van der Waals surface area contributed by atoms with E-state index in [0.717, 1.165) is 22.0 Å². The van der Waals surface area contributed by atoms with Gasteiger partial charge in [0.25, 0.3) is 0 Å². The molecule has 0 amide bonds. The Labute approximate surface area is 162 Å². The molecular weight excluding hydrogens is 400 g/mol. The van der Waals surface area contributed by atoms with Crippen LogP contribution >= 0.6 is 11.6 Å². The summed E-state index contributed by atoms with van der Waals surface area (Å²) in [5, 5.41) is -0.0793.